The van der Waals surface area contributed by atoms with Crippen molar-refractivity contribution in [3.63, 3.8) is 0 Å². The van der Waals surface area contributed by atoms with Gasteiger partial charge in [-0.25, -0.2) is 9.37 Å². The number of anilines is 1. The van der Waals surface area contributed by atoms with E-state index in [2.05, 4.69) is 30.6 Å². The maximum atomic E-state index is 14.0. The Hall–Kier alpha value is -3.49. The number of hydrogen-bond acceptors (Lipinski definition) is 6. The number of nitrogens with one attached hydrogen (secondary N) is 1. The van der Waals surface area contributed by atoms with Gasteiger partial charge in [-0.1, -0.05) is 18.2 Å². The minimum absolute atomic E-state index is 0.176. The van der Waals surface area contributed by atoms with Crippen LogP contribution in [-0.4, -0.2) is 44.1 Å². The van der Waals surface area contributed by atoms with Gasteiger partial charge in [-0.3, -0.25) is 14.5 Å². The smallest absolute Gasteiger partial charge is 0.237 e. The molecule has 1 aromatic carbocycles. The van der Waals surface area contributed by atoms with Gasteiger partial charge in [0.2, 0.25) is 11.7 Å². The molecule has 1 amide bonds. The standard InChI is InChI=1S/C19H18FN7O/c1-19(2)15-17(23-18(19)28)22-16(25-24-15)14-8-12(9-21-3)27(26-14)10-11-6-4-5-7-13(11)20/h4-9H,10H2,1-3H3,(H,22,23,25,28). The molecule has 28 heavy (non-hydrogen) atoms. The van der Waals surface area contributed by atoms with E-state index >= 15 is 0 Å². The fourth-order valence-electron chi connectivity index (χ4n) is 3.01. The van der Waals surface area contributed by atoms with E-state index in [1.165, 1.54) is 6.07 Å². The number of rotatable bonds is 4. The maximum absolute atomic E-state index is 14.0. The maximum Gasteiger partial charge on any atom is 0.237 e. The van der Waals surface area contributed by atoms with Gasteiger partial charge >= 0.3 is 0 Å². The van der Waals surface area contributed by atoms with Crippen molar-refractivity contribution in [2.45, 2.75) is 25.8 Å². The van der Waals surface area contributed by atoms with Crippen molar-refractivity contribution in [1.29, 1.82) is 0 Å². The molecule has 4 rings (SSSR count). The summed E-state index contributed by atoms with van der Waals surface area (Å²) in [4.78, 5) is 20.5. The largest absolute Gasteiger partial charge is 0.308 e. The van der Waals surface area contributed by atoms with Gasteiger partial charge in [-0.2, -0.15) is 5.10 Å². The monoisotopic (exact) mass is 379 g/mol. The van der Waals surface area contributed by atoms with E-state index in [1.807, 2.05) is 0 Å². The zero-order chi connectivity index (χ0) is 19.9. The normalized spacial score (nSPS) is 15.1. The lowest BCUT2D eigenvalue weighted by atomic mass is 9.91. The number of carbonyl (C=O) groups excluding carboxylic acids is 1. The number of benzene rings is 1. The molecule has 142 valence electrons. The van der Waals surface area contributed by atoms with Crippen LogP contribution < -0.4 is 5.32 Å². The van der Waals surface area contributed by atoms with Crippen LogP contribution >= 0.6 is 0 Å². The topological polar surface area (TPSA) is 97.9 Å². The first-order valence-corrected chi connectivity index (χ1v) is 8.70. The molecule has 0 bridgehead atoms. The molecule has 3 heterocycles. The van der Waals surface area contributed by atoms with Crippen molar-refractivity contribution in [1.82, 2.24) is 25.0 Å². The van der Waals surface area contributed by atoms with Gasteiger partial charge in [-0.05, 0) is 26.0 Å². The Morgan fingerprint density at radius 3 is 2.82 bits per heavy atom. The molecule has 0 saturated carbocycles. The summed E-state index contributed by atoms with van der Waals surface area (Å²) in [5.74, 6) is 0.175. The van der Waals surface area contributed by atoms with Crippen molar-refractivity contribution < 1.29 is 9.18 Å². The van der Waals surface area contributed by atoms with Gasteiger partial charge in [0.25, 0.3) is 0 Å². The summed E-state index contributed by atoms with van der Waals surface area (Å²) in [6, 6.07) is 8.27. The lowest BCUT2D eigenvalue weighted by Crippen LogP contribution is -2.27. The number of aliphatic imine (C=N–C) groups is 1. The Morgan fingerprint density at radius 2 is 2.07 bits per heavy atom. The highest BCUT2D eigenvalue weighted by atomic mass is 19.1. The summed E-state index contributed by atoms with van der Waals surface area (Å²) in [5, 5.41) is 15.6. The van der Waals surface area contributed by atoms with Gasteiger partial charge < -0.3 is 5.32 Å². The van der Waals surface area contributed by atoms with Gasteiger partial charge in [0.05, 0.1) is 17.7 Å². The summed E-state index contributed by atoms with van der Waals surface area (Å²) in [6.07, 6.45) is 1.63. The van der Waals surface area contributed by atoms with Crippen molar-refractivity contribution in [3.05, 3.63) is 53.1 Å². The number of amides is 1. The van der Waals surface area contributed by atoms with Crippen molar-refractivity contribution >= 4 is 17.9 Å². The second-order valence-corrected chi connectivity index (χ2v) is 7.00. The van der Waals surface area contributed by atoms with Crippen LogP contribution in [0.4, 0.5) is 10.2 Å². The predicted octanol–water partition coefficient (Wildman–Crippen LogP) is 2.20. The molecule has 0 unspecified atom stereocenters. The van der Waals surface area contributed by atoms with E-state index < -0.39 is 5.41 Å². The Bertz CT molecular complexity index is 1100. The molecule has 0 saturated heterocycles. The molecule has 0 radical (unpaired) electrons. The Labute approximate surface area is 160 Å². The van der Waals surface area contributed by atoms with E-state index in [0.717, 1.165) is 0 Å². The highest BCUT2D eigenvalue weighted by Crippen LogP contribution is 2.34. The van der Waals surface area contributed by atoms with E-state index in [9.17, 15) is 9.18 Å². The van der Waals surface area contributed by atoms with Crippen LogP contribution in [0.25, 0.3) is 11.5 Å². The van der Waals surface area contributed by atoms with Gasteiger partial charge in [0.15, 0.2) is 5.82 Å². The Kier molecular flexibility index (Phi) is 4.21. The molecular formula is C19H18FN7O. The van der Waals surface area contributed by atoms with Gasteiger partial charge in [0.1, 0.15) is 17.2 Å². The molecule has 0 spiro atoms. The molecule has 0 fully saturated rings. The summed E-state index contributed by atoms with van der Waals surface area (Å²) < 4.78 is 15.7. The summed E-state index contributed by atoms with van der Waals surface area (Å²) in [7, 11) is 1.64. The number of fused-ring (bicyclic) bond motifs is 1. The van der Waals surface area contributed by atoms with Crippen LogP contribution in [0.2, 0.25) is 0 Å². The SMILES string of the molecule is CN=Cc1cc(-c2nnc3c(n2)NC(=O)C3(C)C)nn1Cc1ccccc1F. The lowest BCUT2D eigenvalue weighted by molar-refractivity contribution is -0.119. The van der Waals surface area contributed by atoms with E-state index in [-0.39, 0.29) is 24.1 Å². The second kappa shape index (κ2) is 6.59. The van der Waals surface area contributed by atoms with Crippen LogP contribution in [0.15, 0.2) is 35.3 Å². The fraction of sp³-hybridized carbons (Fsp3) is 0.263. The first kappa shape index (κ1) is 17.9. The third-order valence-electron chi connectivity index (χ3n) is 4.66. The van der Waals surface area contributed by atoms with E-state index in [1.54, 1.807) is 56.1 Å². The van der Waals surface area contributed by atoms with Crippen molar-refractivity contribution in [3.8, 4) is 11.5 Å². The van der Waals surface area contributed by atoms with Crippen molar-refractivity contribution in [2.24, 2.45) is 4.99 Å². The van der Waals surface area contributed by atoms with Crippen LogP contribution in [0, 0.1) is 5.82 Å². The summed E-state index contributed by atoms with van der Waals surface area (Å²) in [5.41, 5.74) is 1.36. The number of aromatic nitrogens is 5. The lowest BCUT2D eigenvalue weighted by Gasteiger charge is -2.11. The third-order valence-corrected chi connectivity index (χ3v) is 4.66. The first-order chi connectivity index (χ1) is 13.4. The Morgan fingerprint density at radius 1 is 1.29 bits per heavy atom. The highest BCUT2D eigenvalue weighted by molar-refractivity contribution is 6.03. The molecule has 2 aromatic heterocycles. The summed E-state index contributed by atoms with van der Waals surface area (Å²) >= 11 is 0. The third kappa shape index (κ3) is 2.94. The van der Waals surface area contributed by atoms with Crippen LogP contribution in [0.1, 0.15) is 30.8 Å². The fourth-order valence-corrected chi connectivity index (χ4v) is 3.01. The Balaban J connectivity index is 1.73. The number of carbonyl (C=O) groups is 1. The summed E-state index contributed by atoms with van der Waals surface area (Å²) in [6.45, 7) is 3.77. The molecule has 8 nitrogen and oxygen atoms in total. The highest BCUT2D eigenvalue weighted by Gasteiger charge is 2.41. The zero-order valence-corrected chi connectivity index (χ0v) is 15.6. The molecule has 3 aromatic rings. The number of halogens is 1. The van der Waals surface area contributed by atoms with Crippen molar-refractivity contribution in [2.75, 3.05) is 12.4 Å². The average Bonchev–Trinajstić information content (AvgIpc) is 3.16. The molecule has 0 aliphatic carbocycles. The minimum Gasteiger partial charge on any atom is -0.308 e. The molecule has 1 aliphatic heterocycles. The molecule has 0 atom stereocenters. The number of hydrogen-bond donors (Lipinski definition) is 1. The minimum atomic E-state index is -0.780. The second-order valence-electron chi connectivity index (χ2n) is 7.00. The van der Waals surface area contributed by atoms with Crippen LogP contribution in [0.5, 0.6) is 0 Å². The van der Waals surface area contributed by atoms with Crippen LogP contribution in [0.3, 0.4) is 0 Å². The zero-order valence-electron chi connectivity index (χ0n) is 15.6. The molecular weight excluding hydrogens is 361 g/mol. The predicted molar refractivity (Wildman–Crippen MR) is 102 cm³/mol. The van der Waals surface area contributed by atoms with Crippen LogP contribution in [-0.2, 0) is 16.8 Å². The first-order valence-electron chi connectivity index (χ1n) is 8.70. The average molecular weight is 379 g/mol. The number of nitrogens with zero attached hydrogens (tertiary/aromatic N) is 6. The van der Waals surface area contributed by atoms with Gasteiger partial charge in [0, 0.05) is 18.8 Å². The van der Waals surface area contributed by atoms with E-state index in [4.69, 9.17) is 0 Å². The molecule has 9 heteroatoms. The molecule has 1 aliphatic rings. The van der Waals surface area contributed by atoms with E-state index in [0.29, 0.717) is 28.5 Å². The quantitative estimate of drug-likeness (QED) is 0.701. The molecule has 1 N–H and O–H groups in total. The van der Waals surface area contributed by atoms with Gasteiger partial charge in [-0.15, -0.1) is 10.2 Å².